The molecule has 1 saturated carbocycles. The minimum atomic E-state index is 0.0860. The van der Waals surface area contributed by atoms with Gasteiger partial charge in [0.1, 0.15) is 0 Å². The van der Waals surface area contributed by atoms with Gasteiger partial charge in [-0.15, -0.1) is 0 Å². The average Bonchev–Trinajstić information content (AvgIpc) is 2.24. The van der Waals surface area contributed by atoms with Crippen LogP contribution in [0, 0.1) is 0 Å². The van der Waals surface area contributed by atoms with E-state index in [1.807, 2.05) is 4.90 Å². The van der Waals surface area contributed by atoms with Gasteiger partial charge in [0.2, 0.25) is 0 Å². The fourth-order valence-electron chi connectivity index (χ4n) is 2.53. The number of hydrogen-bond donors (Lipinski definition) is 2. The van der Waals surface area contributed by atoms with Crippen molar-refractivity contribution in [3.05, 3.63) is 0 Å². The van der Waals surface area contributed by atoms with E-state index >= 15 is 0 Å². The van der Waals surface area contributed by atoms with Crippen LogP contribution >= 0.6 is 0 Å². The van der Waals surface area contributed by atoms with Gasteiger partial charge in [0.05, 0.1) is 0 Å². The zero-order valence-corrected chi connectivity index (χ0v) is 9.82. The quantitative estimate of drug-likeness (QED) is 0.766. The average molecular weight is 226 g/mol. The van der Waals surface area contributed by atoms with Crippen LogP contribution in [-0.4, -0.2) is 41.3 Å². The third-order valence-electron chi connectivity index (χ3n) is 3.78. The molecule has 4 nitrogen and oxygen atoms in total. The van der Waals surface area contributed by atoms with Crippen molar-refractivity contribution in [3.63, 3.8) is 0 Å². The summed E-state index contributed by atoms with van der Waals surface area (Å²) in [7, 11) is 0. The summed E-state index contributed by atoms with van der Waals surface area (Å²) >= 11 is 0. The minimum absolute atomic E-state index is 0.0860. The summed E-state index contributed by atoms with van der Waals surface area (Å²) in [5.41, 5.74) is 0. The molecule has 1 heterocycles. The number of nitrogens with zero attached hydrogens (tertiary/aromatic N) is 1. The van der Waals surface area contributed by atoms with Gasteiger partial charge in [0, 0.05) is 25.2 Å². The van der Waals surface area contributed by atoms with Gasteiger partial charge < -0.3 is 15.3 Å². The lowest BCUT2D eigenvalue weighted by molar-refractivity contribution is 0.126. The fraction of sp³-hybridized carbons (Fsp3) is 0.917. The van der Waals surface area contributed by atoms with Crippen molar-refractivity contribution in [3.8, 4) is 0 Å². The van der Waals surface area contributed by atoms with Crippen molar-refractivity contribution in [2.24, 2.45) is 0 Å². The normalized spacial score (nSPS) is 26.3. The lowest BCUT2D eigenvalue weighted by Crippen LogP contribution is -2.52. The molecule has 0 aromatic carbocycles. The van der Waals surface area contributed by atoms with Gasteiger partial charge in [-0.1, -0.05) is 0 Å². The van der Waals surface area contributed by atoms with E-state index in [4.69, 9.17) is 5.11 Å². The lowest BCUT2D eigenvalue weighted by atomic mass is 9.93. The second kappa shape index (κ2) is 5.53. The topological polar surface area (TPSA) is 52.6 Å². The zero-order chi connectivity index (χ0) is 11.4. The third-order valence-corrected chi connectivity index (χ3v) is 3.78. The maximum Gasteiger partial charge on any atom is 0.317 e. The second-order valence-corrected chi connectivity index (χ2v) is 4.93. The van der Waals surface area contributed by atoms with Crippen LogP contribution in [0.4, 0.5) is 4.79 Å². The zero-order valence-electron chi connectivity index (χ0n) is 9.82. The molecule has 2 aliphatic rings. The Morgan fingerprint density at radius 1 is 1.25 bits per heavy atom. The highest BCUT2D eigenvalue weighted by atomic mass is 16.3. The van der Waals surface area contributed by atoms with E-state index in [2.05, 4.69) is 5.32 Å². The molecule has 2 N–H and O–H groups in total. The first kappa shape index (κ1) is 11.7. The number of likely N-dealkylation sites (tertiary alicyclic amines) is 1. The van der Waals surface area contributed by atoms with E-state index in [0.29, 0.717) is 6.04 Å². The summed E-state index contributed by atoms with van der Waals surface area (Å²) in [5.74, 6) is 0. The Morgan fingerprint density at radius 3 is 2.69 bits per heavy atom. The van der Waals surface area contributed by atoms with Crippen molar-refractivity contribution in [1.29, 1.82) is 0 Å². The number of amides is 2. The van der Waals surface area contributed by atoms with E-state index in [-0.39, 0.29) is 18.7 Å². The number of urea groups is 1. The molecule has 92 valence electrons. The van der Waals surface area contributed by atoms with Crippen molar-refractivity contribution in [2.45, 2.75) is 57.0 Å². The summed E-state index contributed by atoms with van der Waals surface area (Å²) in [4.78, 5) is 13.9. The summed E-state index contributed by atoms with van der Waals surface area (Å²) in [6, 6.07) is 0.742. The SMILES string of the molecule is O=C(NC1CCC1)N1CCCCC1CCO. The number of rotatable bonds is 3. The summed E-state index contributed by atoms with van der Waals surface area (Å²) in [6.45, 7) is 1.03. The van der Waals surface area contributed by atoms with Gasteiger partial charge in [-0.2, -0.15) is 0 Å². The monoisotopic (exact) mass is 226 g/mol. The molecule has 1 atom stereocenters. The molecule has 16 heavy (non-hydrogen) atoms. The second-order valence-electron chi connectivity index (χ2n) is 4.93. The Balaban J connectivity index is 1.85. The molecular weight excluding hydrogens is 204 g/mol. The highest BCUT2D eigenvalue weighted by molar-refractivity contribution is 5.75. The molecule has 1 unspecified atom stereocenters. The highest BCUT2D eigenvalue weighted by Crippen LogP contribution is 2.22. The van der Waals surface area contributed by atoms with Gasteiger partial charge in [0.25, 0.3) is 0 Å². The standard InChI is InChI=1S/C12H22N2O2/c15-9-7-11-6-1-2-8-14(11)12(16)13-10-4-3-5-10/h10-11,15H,1-9H2,(H,13,16). The van der Waals surface area contributed by atoms with Gasteiger partial charge in [-0.3, -0.25) is 0 Å². The van der Waals surface area contributed by atoms with Crippen LogP contribution in [0.25, 0.3) is 0 Å². The predicted octanol–water partition coefficient (Wildman–Crippen LogP) is 1.49. The molecule has 2 rings (SSSR count). The third kappa shape index (κ3) is 2.67. The number of carbonyl (C=O) groups is 1. The Labute approximate surface area is 97.0 Å². The fourth-order valence-corrected chi connectivity index (χ4v) is 2.53. The predicted molar refractivity (Wildman–Crippen MR) is 62.2 cm³/mol. The molecule has 0 spiro atoms. The van der Waals surface area contributed by atoms with E-state index < -0.39 is 0 Å². The summed E-state index contributed by atoms with van der Waals surface area (Å²) in [6.07, 6.45) is 7.54. The first-order valence-corrected chi connectivity index (χ1v) is 6.49. The number of piperidine rings is 1. The molecule has 0 aromatic rings. The van der Waals surface area contributed by atoms with Crippen LogP contribution < -0.4 is 5.32 Å². The van der Waals surface area contributed by atoms with E-state index in [9.17, 15) is 4.79 Å². The van der Waals surface area contributed by atoms with E-state index in [0.717, 1.165) is 38.6 Å². The van der Waals surface area contributed by atoms with Crippen molar-refractivity contribution in [1.82, 2.24) is 10.2 Å². The molecule has 1 saturated heterocycles. The molecule has 2 amide bonds. The molecule has 2 fully saturated rings. The Hall–Kier alpha value is -0.770. The summed E-state index contributed by atoms with van der Waals surface area (Å²) in [5, 5.41) is 12.1. The highest BCUT2D eigenvalue weighted by Gasteiger charge is 2.28. The Bertz CT molecular complexity index is 239. The minimum Gasteiger partial charge on any atom is -0.396 e. The van der Waals surface area contributed by atoms with Crippen LogP contribution in [-0.2, 0) is 0 Å². The Morgan fingerprint density at radius 2 is 2.06 bits per heavy atom. The molecule has 0 bridgehead atoms. The maximum absolute atomic E-state index is 12.0. The van der Waals surface area contributed by atoms with Gasteiger partial charge in [-0.25, -0.2) is 4.79 Å². The maximum atomic E-state index is 12.0. The Kier molecular flexibility index (Phi) is 4.04. The van der Waals surface area contributed by atoms with Crippen LogP contribution in [0.3, 0.4) is 0 Å². The molecule has 4 heteroatoms. The van der Waals surface area contributed by atoms with Crippen LogP contribution in [0.15, 0.2) is 0 Å². The van der Waals surface area contributed by atoms with Crippen molar-refractivity contribution in [2.75, 3.05) is 13.2 Å². The molecule has 0 aromatic heterocycles. The van der Waals surface area contributed by atoms with E-state index in [1.54, 1.807) is 0 Å². The molecule has 1 aliphatic heterocycles. The van der Waals surface area contributed by atoms with Crippen LogP contribution in [0.1, 0.15) is 44.9 Å². The number of aliphatic hydroxyl groups is 1. The number of carbonyl (C=O) groups excluding carboxylic acids is 1. The first-order valence-electron chi connectivity index (χ1n) is 6.49. The largest absolute Gasteiger partial charge is 0.396 e. The van der Waals surface area contributed by atoms with Crippen LogP contribution in [0.5, 0.6) is 0 Å². The smallest absolute Gasteiger partial charge is 0.317 e. The number of hydrogen-bond acceptors (Lipinski definition) is 2. The summed E-state index contributed by atoms with van der Waals surface area (Å²) < 4.78 is 0. The molecular formula is C12H22N2O2. The first-order chi connectivity index (χ1) is 7.81. The van der Waals surface area contributed by atoms with Gasteiger partial charge in [0.15, 0.2) is 0 Å². The molecule has 1 aliphatic carbocycles. The van der Waals surface area contributed by atoms with Crippen molar-refractivity contribution < 1.29 is 9.90 Å². The van der Waals surface area contributed by atoms with E-state index in [1.165, 1.54) is 12.8 Å². The molecule has 0 radical (unpaired) electrons. The van der Waals surface area contributed by atoms with Gasteiger partial charge in [-0.05, 0) is 44.9 Å². The number of nitrogens with one attached hydrogen (secondary N) is 1. The lowest BCUT2D eigenvalue weighted by Gasteiger charge is -2.38. The van der Waals surface area contributed by atoms with Crippen LogP contribution in [0.2, 0.25) is 0 Å². The van der Waals surface area contributed by atoms with Crippen molar-refractivity contribution >= 4 is 6.03 Å². The number of aliphatic hydroxyl groups excluding tert-OH is 1. The van der Waals surface area contributed by atoms with Gasteiger partial charge >= 0.3 is 6.03 Å².